The first-order valence-corrected chi connectivity index (χ1v) is 11.0. The minimum Gasteiger partial charge on any atom is -0.380 e. The van der Waals surface area contributed by atoms with Crippen LogP contribution in [0.25, 0.3) is 0 Å². The molecule has 0 aromatic heterocycles. The monoisotopic (exact) mass is 448 g/mol. The number of Topliss-reactive ketones (excluding diaryl/α,β-unsaturated/α-hetero) is 1. The molecule has 4 nitrogen and oxygen atoms in total. The molecule has 1 atom stereocenters. The van der Waals surface area contributed by atoms with Crippen LogP contribution in [0, 0.1) is 13.8 Å². The number of fused-ring (bicyclic) bond motifs is 2. The van der Waals surface area contributed by atoms with E-state index in [4.69, 9.17) is 0 Å². The van der Waals surface area contributed by atoms with Gasteiger partial charge < -0.3 is 5.11 Å². The Kier molecular flexibility index (Phi) is 6.62. The normalized spacial score (nSPS) is 12.7. The van der Waals surface area contributed by atoms with Crippen molar-refractivity contribution in [2.24, 2.45) is 0 Å². The van der Waals surface area contributed by atoms with Crippen LogP contribution in [0.3, 0.4) is 0 Å². The van der Waals surface area contributed by atoms with Gasteiger partial charge in [-0.1, -0.05) is 84.9 Å². The number of carbonyl (C=O) groups is 3. The van der Waals surface area contributed by atoms with Crippen LogP contribution < -0.4 is 0 Å². The molecule has 0 saturated heterocycles. The lowest BCUT2D eigenvalue weighted by Gasteiger charge is -2.18. The fraction of sp³-hybridized carbons (Fsp3) is 0.100. The van der Waals surface area contributed by atoms with E-state index in [-0.39, 0.29) is 17.3 Å². The minimum atomic E-state index is -1.08. The summed E-state index contributed by atoms with van der Waals surface area (Å²) in [5, 5.41) is 9.89. The van der Waals surface area contributed by atoms with E-state index in [2.05, 4.69) is 0 Å². The lowest BCUT2D eigenvalue weighted by Crippen LogP contribution is -2.21. The Morgan fingerprint density at radius 2 is 1.03 bits per heavy atom. The number of rotatable bonds is 3. The highest BCUT2D eigenvalue weighted by atomic mass is 16.3. The van der Waals surface area contributed by atoms with Crippen LogP contribution in [-0.2, 0) is 0 Å². The van der Waals surface area contributed by atoms with Gasteiger partial charge in [-0.15, -0.1) is 0 Å². The van der Waals surface area contributed by atoms with Crippen LogP contribution in [0.4, 0.5) is 0 Å². The van der Waals surface area contributed by atoms with E-state index < -0.39 is 6.10 Å². The van der Waals surface area contributed by atoms with E-state index in [0.29, 0.717) is 33.4 Å². The van der Waals surface area contributed by atoms with Crippen LogP contribution in [-0.4, -0.2) is 22.5 Å². The molecule has 0 radical (unpaired) electrons. The number of benzene rings is 4. The molecule has 0 saturated carbocycles. The van der Waals surface area contributed by atoms with Crippen LogP contribution in [0.2, 0.25) is 0 Å². The second-order valence-corrected chi connectivity index (χ2v) is 8.23. The van der Waals surface area contributed by atoms with E-state index in [1.54, 1.807) is 72.8 Å². The summed E-state index contributed by atoms with van der Waals surface area (Å²) in [6, 6.07) is 28.4. The maximum Gasteiger partial charge on any atom is 0.195 e. The lowest BCUT2D eigenvalue weighted by atomic mass is 9.82. The lowest BCUT2D eigenvalue weighted by molar-refractivity contribution is 0.0747. The fourth-order valence-corrected chi connectivity index (χ4v) is 3.91. The molecule has 0 heterocycles. The molecule has 0 bridgehead atoms. The number of hydrogen-bond donors (Lipinski definition) is 1. The Hall–Kier alpha value is -4.15. The van der Waals surface area contributed by atoms with Gasteiger partial charge in [0, 0.05) is 27.8 Å². The fourth-order valence-electron chi connectivity index (χ4n) is 3.91. The number of aliphatic hydroxyl groups is 1. The van der Waals surface area contributed by atoms with E-state index in [9.17, 15) is 19.5 Å². The molecule has 4 heteroatoms. The summed E-state index contributed by atoms with van der Waals surface area (Å²) in [4.78, 5) is 36.6. The maximum absolute atomic E-state index is 12.4. The smallest absolute Gasteiger partial charge is 0.195 e. The molecule has 1 N–H and O–H groups in total. The van der Waals surface area contributed by atoms with Crippen LogP contribution in [0.5, 0.6) is 0 Å². The van der Waals surface area contributed by atoms with Gasteiger partial charge in [0.25, 0.3) is 0 Å². The minimum absolute atomic E-state index is 0.0525. The standard InChI is InChI=1S/C16H12O2.C14H12O2/c1-9-7-13-14(8-10(9)2)16(18)12-6-4-3-5-11(12)15(13)17;15-13(11-7-3-1-4-8-11)14(16)12-9-5-2-6-10-12/h3-8H,1-2H3;1-10,13,15H. The predicted molar refractivity (Wildman–Crippen MR) is 131 cm³/mol. The summed E-state index contributed by atoms with van der Waals surface area (Å²) in [6.45, 7) is 3.90. The highest BCUT2D eigenvalue weighted by Crippen LogP contribution is 2.29. The average Bonchev–Trinajstić information content (AvgIpc) is 2.89. The van der Waals surface area contributed by atoms with Gasteiger partial charge in [0.05, 0.1) is 0 Å². The summed E-state index contributed by atoms with van der Waals surface area (Å²) >= 11 is 0. The Labute approximate surface area is 198 Å². The summed E-state index contributed by atoms with van der Waals surface area (Å²) in [5.41, 5.74) is 5.30. The van der Waals surface area contributed by atoms with Crippen LogP contribution in [0.1, 0.15) is 65.0 Å². The van der Waals surface area contributed by atoms with Gasteiger partial charge in [0.15, 0.2) is 17.3 Å². The Morgan fingerprint density at radius 3 is 1.50 bits per heavy atom. The van der Waals surface area contributed by atoms with Crippen molar-refractivity contribution in [1.29, 1.82) is 0 Å². The molecule has 1 aliphatic rings. The first-order chi connectivity index (χ1) is 16.4. The molecular formula is C30H24O4. The van der Waals surface area contributed by atoms with Gasteiger partial charge in [-0.05, 0) is 42.7 Å². The van der Waals surface area contributed by atoms with Crippen molar-refractivity contribution >= 4 is 17.3 Å². The van der Waals surface area contributed by atoms with Crippen LogP contribution in [0.15, 0.2) is 97.1 Å². The zero-order valence-corrected chi connectivity index (χ0v) is 19.0. The van der Waals surface area contributed by atoms with Gasteiger partial charge in [-0.3, -0.25) is 14.4 Å². The second kappa shape index (κ2) is 9.77. The number of aliphatic hydroxyl groups excluding tert-OH is 1. The van der Waals surface area contributed by atoms with Gasteiger partial charge in [0.2, 0.25) is 0 Å². The van der Waals surface area contributed by atoms with Gasteiger partial charge >= 0.3 is 0 Å². The highest BCUT2D eigenvalue weighted by Gasteiger charge is 2.29. The zero-order chi connectivity index (χ0) is 24.2. The van der Waals surface area contributed by atoms with Crippen molar-refractivity contribution in [3.8, 4) is 0 Å². The predicted octanol–water partition coefficient (Wildman–Crippen LogP) is 5.68. The largest absolute Gasteiger partial charge is 0.380 e. The first-order valence-electron chi connectivity index (χ1n) is 11.0. The molecule has 1 unspecified atom stereocenters. The third kappa shape index (κ3) is 4.49. The van der Waals surface area contributed by atoms with E-state index in [1.807, 2.05) is 38.1 Å². The molecule has 5 rings (SSSR count). The summed E-state index contributed by atoms with van der Waals surface area (Å²) < 4.78 is 0. The number of aryl methyl sites for hydroxylation is 2. The van der Waals surface area contributed by atoms with Crippen molar-refractivity contribution in [2.75, 3.05) is 0 Å². The molecule has 0 aliphatic heterocycles. The molecule has 4 aromatic rings. The highest BCUT2D eigenvalue weighted by molar-refractivity contribution is 6.28. The topological polar surface area (TPSA) is 71.4 Å². The summed E-state index contributed by atoms with van der Waals surface area (Å²) in [7, 11) is 0. The quantitative estimate of drug-likeness (QED) is 0.360. The van der Waals surface area contributed by atoms with Crippen molar-refractivity contribution in [3.05, 3.63) is 142 Å². The van der Waals surface area contributed by atoms with Crippen molar-refractivity contribution < 1.29 is 19.5 Å². The van der Waals surface area contributed by atoms with Crippen LogP contribution >= 0.6 is 0 Å². The van der Waals surface area contributed by atoms with Crippen molar-refractivity contribution in [2.45, 2.75) is 20.0 Å². The molecule has 34 heavy (non-hydrogen) atoms. The maximum atomic E-state index is 12.4. The Bertz CT molecular complexity index is 1310. The van der Waals surface area contributed by atoms with Gasteiger partial charge in [-0.25, -0.2) is 0 Å². The summed E-state index contributed by atoms with van der Waals surface area (Å²) in [5.74, 6) is -0.376. The number of hydrogen-bond acceptors (Lipinski definition) is 4. The molecule has 4 aromatic carbocycles. The van der Waals surface area contributed by atoms with E-state index in [0.717, 1.165) is 11.1 Å². The molecule has 0 spiro atoms. The molecule has 1 aliphatic carbocycles. The Morgan fingerprint density at radius 1 is 0.618 bits per heavy atom. The SMILES string of the molecule is Cc1cc2c(cc1C)C(=O)c1ccccc1C2=O.O=C(c1ccccc1)C(O)c1ccccc1. The van der Waals surface area contributed by atoms with Crippen molar-refractivity contribution in [1.82, 2.24) is 0 Å². The number of carbonyl (C=O) groups excluding carboxylic acids is 3. The zero-order valence-electron chi connectivity index (χ0n) is 19.0. The molecule has 0 fully saturated rings. The summed E-state index contributed by atoms with van der Waals surface area (Å²) in [6.07, 6.45) is -1.08. The Balaban J connectivity index is 0.000000162. The third-order valence-electron chi connectivity index (χ3n) is 5.96. The third-order valence-corrected chi connectivity index (χ3v) is 5.96. The molecular weight excluding hydrogens is 424 g/mol. The van der Waals surface area contributed by atoms with E-state index in [1.165, 1.54) is 0 Å². The van der Waals surface area contributed by atoms with Gasteiger partial charge in [0.1, 0.15) is 6.10 Å². The second-order valence-electron chi connectivity index (χ2n) is 8.23. The number of ketones is 3. The molecule has 168 valence electrons. The molecule has 0 amide bonds. The van der Waals surface area contributed by atoms with E-state index >= 15 is 0 Å². The average molecular weight is 449 g/mol. The first kappa shape index (κ1) is 23.0. The van der Waals surface area contributed by atoms with Gasteiger partial charge in [-0.2, -0.15) is 0 Å². The van der Waals surface area contributed by atoms with Crippen molar-refractivity contribution in [3.63, 3.8) is 0 Å².